The Morgan fingerprint density at radius 2 is 1.64 bits per heavy atom. The number of aromatic hydroxyl groups is 1. The molecule has 0 aromatic heterocycles. The van der Waals surface area contributed by atoms with Crippen LogP contribution in [0.5, 0.6) is 5.75 Å². The van der Waals surface area contributed by atoms with E-state index < -0.39 is 101 Å². The van der Waals surface area contributed by atoms with Crippen LogP contribution in [-0.2, 0) is 27.3 Å². The Labute approximate surface area is 319 Å². The molecular weight excluding hydrogens is 714 g/mol. The van der Waals surface area contributed by atoms with E-state index in [9.17, 15) is 55.2 Å². The fraction of sp³-hybridized carbons (Fsp3) is 0.625. The van der Waals surface area contributed by atoms with Crippen molar-refractivity contribution in [1.29, 1.82) is 0 Å². The molecule has 0 bridgehead atoms. The third-order valence-electron chi connectivity index (χ3n) is 13.1. The molecule has 1 amide bonds. The second kappa shape index (κ2) is 14.4. The second-order valence-electron chi connectivity index (χ2n) is 17.3. The minimum absolute atomic E-state index is 0.0388. The Morgan fingerprint density at radius 1 is 0.982 bits per heavy atom. The van der Waals surface area contributed by atoms with Gasteiger partial charge < -0.3 is 62.0 Å². The lowest BCUT2D eigenvalue weighted by Crippen LogP contribution is -2.79. The fourth-order valence-electron chi connectivity index (χ4n) is 10.7. The van der Waals surface area contributed by atoms with Crippen LogP contribution in [0.1, 0.15) is 80.9 Å². The molecule has 1 heterocycles. The first-order valence-corrected chi connectivity index (χ1v) is 18.9. The zero-order valence-electron chi connectivity index (χ0n) is 31.9. The summed E-state index contributed by atoms with van der Waals surface area (Å²) in [5, 5.41) is 94.8. The number of nitrogens with one attached hydrogen (secondary N) is 2. The first kappa shape index (κ1) is 41.0. The number of phenolic OH excluding ortho intramolecular Hbond substituents is 1. The first-order chi connectivity index (χ1) is 25.7. The SMILES string of the molecule is CC(C)c1cc(NCc2ccccc2N[C@@H]2OC(CO)[C@H](O)[C@H](O)[C@@H]2O)c(O)c2c1C[C@]1(C)C[C@]3(C)[C@@H](C(C)C)C(O)[C@@H](C(N)=O)C(=O)[C@]3(O)C(O)[C@H]1C2=O. The van der Waals surface area contributed by atoms with Gasteiger partial charge >= 0.3 is 0 Å². The molecule has 3 fully saturated rings. The highest BCUT2D eigenvalue weighted by Crippen LogP contribution is 2.66. The number of carbonyl (C=O) groups is 3. The number of carbonyl (C=O) groups excluding carboxylic acids is 3. The van der Waals surface area contributed by atoms with Crippen molar-refractivity contribution >= 4 is 28.8 Å². The molecule has 1 aliphatic heterocycles. The van der Waals surface area contributed by atoms with Crippen molar-refractivity contribution < 1.29 is 60.0 Å². The van der Waals surface area contributed by atoms with Gasteiger partial charge in [0.25, 0.3) is 0 Å². The monoisotopic (exact) mass is 769 g/mol. The summed E-state index contributed by atoms with van der Waals surface area (Å²) in [6, 6.07) is 8.69. The smallest absolute Gasteiger partial charge is 0.230 e. The average molecular weight is 770 g/mol. The van der Waals surface area contributed by atoms with E-state index in [0.29, 0.717) is 16.8 Å². The zero-order valence-corrected chi connectivity index (χ0v) is 31.9. The summed E-state index contributed by atoms with van der Waals surface area (Å²) < 4.78 is 5.63. The predicted molar refractivity (Wildman–Crippen MR) is 199 cm³/mol. The van der Waals surface area contributed by atoms with Gasteiger partial charge in [-0.15, -0.1) is 0 Å². The van der Waals surface area contributed by atoms with Crippen molar-refractivity contribution in [3.05, 3.63) is 52.6 Å². The number of Topliss-reactive ketones (excluding diaryl/α,β-unsaturated/α-hetero) is 2. The molecule has 2 aromatic carbocycles. The highest BCUT2D eigenvalue weighted by atomic mass is 16.6. The van der Waals surface area contributed by atoms with Crippen LogP contribution < -0.4 is 16.4 Å². The zero-order chi connectivity index (χ0) is 40.7. The number of aliphatic hydroxyl groups excluding tert-OH is 6. The summed E-state index contributed by atoms with van der Waals surface area (Å²) in [5.74, 6) is -7.84. The predicted octanol–water partition coefficient (Wildman–Crippen LogP) is 0.520. The van der Waals surface area contributed by atoms with E-state index in [0.717, 1.165) is 5.56 Å². The molecule has 15 nitrogen and oxygen atoms in total. The number of anilines is 2. The maximum atomic E-state index is 14.8. The molecule has 2 saturated carbocycles. The highest BCUT2D eigenvalue weighted by Gasteiger charge is 2.76. The number of primary amides is 1. The van der Waals surface area contributed by atoms with E-state index >= 15 is 0 Å². The molecule has 1 saturated heterocycles. The number of hydrogen-bond acceptors (Lipinski definition) is 14. The van der Waals surface area contributed by atoms with Crippen LogP contribution in [0.25, 0.3) is 0 Å². The van der Waals surface area contributed by atoms with Gasteiger partial charge in [0.05, 0.1) is 29.9 Å². The summed E-state index contributed by atoms with van der Waals surface area (Å²) in [5.41, 5.74) is 3.02. The average Bonchev–Trinajstić information content (AvgIpc) is 3.09. The summed E-state index contributed by atoms with van der Waals surface area (Å²) in [4.78, 5) is 41.4. The summed E-state index contributed by atoms with van der Waals surface area (Å²) in [7, 11) is 0. The van der Waals surface area contributed by atoms with E-state index in [1.807, 2.05) is 20.8 Å². The fourth-order valence-corrected chi connectivity index (χ4v) is 10.7. The summed E-state index contributed by atoms with van der Waals surface area (Å²) in [6.07, 6.45) is -10.2. The van der Waals surface area contributed by atoms with E-state index in [1.54, 1.807) is 51.1 Å². The molecular formula is C40H55N3O12. The van der Waals surface area contributed by atoms with Crippen molar-refractivity contribution in [1.82, 2.24) is 0 Å². The second-order valence-corrected chi connectivity index (χ2v) is 17.3. The number of aliphatic hydroxyl groups is 7. The third-order valence-corrected chi connectivity index (χ3v) is 13.1. The third kappa shape index (κ3) is 6.14. The van der Waals surface area contributed by atoms with Gasteiger partial charge in [0, 0.05) is 17.6 Å². The minimum Gasteiger partial charge on any atom is -0.505 e. The van der Waals surface area contributed by atoms with Gasteiger partial charge in [0.1, 0.15) is 42.2 Å². The number of ether oxygens (including phenoxy) is 1. The lowest BCUT2D eigenvalue weighted by Gasteiger charge is -2.66. The van der Waals surface area contributed by atoms with Crippen molar-refractivity contribution in [2.45, 2.75) is 115 Å². The molecule has 4 aliphatic rings. The van der Waals surface area contributed by atoms with Gasteiger partial charge in [-0.3, -0.25) is 14.4 Å². The molecule has 13 atom stereocenters. The number of phenols is 1. The van der Waals surface area contributed by atoms with Crippen LogP contribution >= 0.6 is 0 Å². The van der Waals surface area contributed by atoms with Gasteiger partial charge in [-0.2, -0.15) is 0 Å². The topological polar surface area (TPSA) is 272 Å². The van der Waals surface area contributed by atoms with Gasteiger partial charge in [-0.25, -0.2) is 0 Å². The normalized spacial score (nSPS) is 38.7. The van der Waals surface area contributed by atoms with Crippen molar-refractivity contribution in [2.75, 3.05) is 17.2 Å². The molecule has 15 heteroatoms. The molecule has 2 aromatic rings. The van der Waals surface area contributed by atoms with Gasteiger partial charge in [0.15, 0.2) is 23.4 Å². The number of amides is 1. The van der Waals surface area contributed by atoms with Crippen molar-refractivity contribution in [3.8, 4) is 5.75 Å². The molecule has 55 heavy (non-hydrogen) atoms. The van der Waals surface area contributed by atoms with Crippen LogP contribution in [0.15, 0.2) is 30.3 Å². The lowest BCUT2D eigenvalue weighted by molar-refractivity contribution is -0.265. The number of fused-ring (bicyclic) bond motifs is 3. The van der Waals surface area contributed by atoms with Gasteiger partial charge in [-0.1, -0.05) is 59.7 Å². The quantitative estimate of drug-likeness (QED) is 0.123. The number of nitrogens with two attached hydrogens (primary N) is 1. The maximum Gasteiger partial charge on any atom is 0.230 e. The molecule has 3 unspecified atom stereocenters. The van der Waals surface area contributed by atoms with Gasteiger partial charge in [0.2, 0.25) is 5.91 Å². The standard InChI is InChI=1S/C40H55N3O12/c1-16(2)19-11-22(42-13-18-9-7-8-10-21(18)43-37-33(50)32(49)29(46)23(14-44)55-37)28(45)24-20(19)12-38(5)15-39(6)26(17(3)4)31(48)25(36(41)53)34(51)40(39,54)35(52)27(38)30(24)47/h7-11,16-17,23,25-27,29,31-33,35,37,42-46,48-50,52,54H,12-15H2,1-6H3,(H2,41,53)/t23?,25-,26+,27-,29+,31?,32+,33+,35?,37-,38-,39-,40+/m1/s1. The Kier molecular flexibility index (Phi) is 10.7. The summed E-state index contributed by atoms with van der Waals surface area (Å²) in [6.45, 7) is 10.4. The molecule has 0 spiro atoms. The van der Waals surface area contributed by atoms with Crippen LogP contribution in [0.2, 0.25) is 0 Å². The summed E-state index contributed by atoms with van der Waals surface area (Å²) >= 11 is 0. The first-order valence-electron chi connectivity index (χ1n) is 18.9. The van der Waals surface area contributed by atoms with Crippen molar-refractivity contribution in [3.63, 3.8) is 0 Å². The molecule has 0 radical (unpaired) electrons. The largest absolute Gasteiger partial charge is 0.505 e. The van der Waals surface area contributed by atoms with Crippen LogP contribution in [0, 0.1) is 34.5 Å². The molecule has 302 valence electrons. The van der Waals surface area contributed by atoms with Crippen LogP contribution in [0.4, 0.5) is 11.4 Å². The van der Waals surface area contributed by atoms with E-state index in [1.165, 1.54) is 0 Å². The van der Waals surface area contributed by atoms with Crippen LogP contribution in [0.3, 0.4) is 0 Å². The van der Waals surface area contributed by atoms with Gasteiger partial charge in [-0.05, 0) is 64.8 Å². The van der Waals surface area contributed by atoms with Crippen LogP contribution in [-0.4, -0.2) is 113 Å². The molecule has 3 aliphatic carbocycles. The van der Waals surface area contributed by atoms with E-state index in [2.05, 4.69) is 10.6 Å². The Hall–Kier alpha value is -3.67. The molecule has 12 N–H and O–H groups in total. The Morgan fingerprint density at radius 3 is 2.24 bits per heavy atom. The van der Waals surface area contributed by atoms with Crippen molar-refractivity contribution in [2.24, 2.45) is 40.2 Å². The number of para-hydroxylation sites is 1. The highest BCUT2D eigenvalue weighted by molar-refractivity contribution is 6.09. The minimum atomic E-state index is -2.62. The Balaban J connectivity index is 1.37. The molecule has 6 rings (SSSR count). The number of benzene rings is 2. The number of ketones is 2. The van der Waals surface area contributed by atoms with E-state index in [-0.39, 0.29) is 48.2 Å². The number of hydrogen-bond donors (Lipinski definition) is 11. The maximum absolute atomic E-state index is 14.8. The van der Waals surface area contributed by atoms with E-state index in [4.69, 9.17) is 10.5 Å². The Bertz CT molecular complexity index is 1850. The number of rotatable bonds is 9. The lowest BCUT2D eigenvalue weighted by atomic mass is 9.39.